The van der Waals surface area contributed by atoms with Crippen molar-refractivity contribution in [1.82, 2.24) is 0 Å². The minimum atomic E-state index is -0.566. The lowest BCUT2D eigenvalue weighted by atomic mass is 10.1. The van der Waals surface area contributed by atoms with Gasteiger partial charge in [-0.25, -0.2) is 4.79 Å². The summed E-state index contributed by atoms with van der Waals surface area (Å²) >= 11 is 2.13. The molecule has 0 atom stereocenters. The van der Waals surface area contributed by atoms with E-state index in [0.717, 1.165) is 9.99 Å². The molecule has 0 saturated carbocycles. The molecule has 1 amide bonds. The van der Waals surface area contributed by atoms with Crippen LogP contribution < -0.4 is 14.8 Å². The van der Waals surface area contributed by atoms with Crippen molar-refractivity contribution in [3.63, 3.8) is 0 Å². The van der Waals surface area contributed by atoms with E-state index in [2.05, 4.69) is 32.6 Å². The molecule has 0 spiro atoms. The highest BCUT2D eigenvalue weighted by molar-refractivity contribution is 14.1. The fourth-order valence-corrected chi connectivity index (χ4v) is 3.27. The van der Waals surface area contributed by atoms with Gasteiger partial charge < -0.3 is 19.5 Å². The van der Waals surface area contributed by atoms with E-state index in [9.17, 15) is 14.9 Å². The zero-order valence-electron chi connectivity index (χ0n) is 16.8. The average Bonchev–Trinajstić information content (AvgIpc) is 2.76. The van der Waals surface area contributed by atoms with Crippen LogP contribution in [0.3, 0.4) is 0 Å². The fourth-order valence-electron chi connectivity index (χ4n) is 2.49. The number of amides is 1. The third-order valence-corrected chi connectivity index (χ3v) is 4.74. The summed E-state index contributed by atoms with van der Waals surface area (Å²) in [7, 11) is 2.83. The number of hydrogen-bond donors (Lipinski definition) is 1. The largest absolute Gasteiger partial charge is 0.493 e. The number of nitrogens with zero attached hydrogens (tertiary/aromatic N) is 1. The number of carbonyl (C=O) groups is 2. The molecule has 156 valence electrons. The van der Waals surface area contributed by atoms with Gasteiger partial charge in [-0.15, -0.1) is 0 Å². The average molecular weight is 520 g/mol. The molecule has 0 aliphatic rings. The number of carbonyl (C=O) groups excluding carboxylic acids is 2. The van der Waals surface area contributed by atoms with Crippen LogP contribution in [0.1, 0.15) is 29.3 Å². The van der Waals surface area contributed by atoms with Crippen LogP contribution in [0.5, 0.6) is 11.5 Å². The highest BCUT2D eigenvalue weighted by atomic mass is 127. The Morgan fingerprint density at radius 1 is 1.20 bits per heavy atom. The van der Waals surface area contributed by atoms with Crippen LogP contribution in [-0.2, 0) is 9.53 Å². The maximum Gasteiger partial charge on any atom is 0.337 e. The van der Waals surface area contributed by atoms with E-state index in [4.69, 9.17) is 9.47 Å². The molecule has 0 heterocycles. The minimum Gasteiger partial charge on any atom is -0.493 e. The Labute approximate surface area is 188 Å². The number of methoxy groups -OCH3 is 2. The van der Waals surface area contributed by atoms with Crippen molar-refractivity contribution in [2.75, 3.05) is 26.1 Å². The summed E-state index contributed by atoms with van der Waals surface area (Å²) in [6.07, 6.45) is 2.34. The molecule has 2 rings (SSSR count). The zero-order valence-corrected chi connectivity index (χ0v) is 19.0. The van der Waals surface area contributed by atoms with Crippen LogP contribution in [0.2, 0.25) is 0 Å². The number of rotatable bonds is 8. The van der Waals surface area contributed by atoms with Gasteiger partial charge in [-0.1, -0.05) is 6.92 Å². The van der Waals surface area contributed by atoms with Gasteiger partial charge in [0.1, 0.15) is 11.6 Å². The van der Waals surface area contributed by atoms with Crippen LogP contribution >= 0.6 is 22.6 Å². The van der Waals surface area contributed by atoms with Gasteiger partial charge in [-0.2, -0.15) is 5.26 Å². The molecule has 30 heavy (non-hydrogen) atoms. The molecule has 0 aliphatic heterocycles. The molecular formula is C22H21IN2O5. The molecule has 0 radical (unpaired) electrons. The molecule has 0 aromatic heterocycles. The lowest BCUT2D eigenvalue weighted by molar-refractivity contribution is -0.112. The van der Waals surface area contributed by atoms with E-state index < -0.39 is 11.9 Å². The predicted molar refractivity (Wildman–Crippen MR) is 121 cm³/mol. The smallest absolute Gasteiger partial charge is 0.337 e. The zero-order chi connectivity index (χ0) is 22.1. The monoisotopic (exact) mass is 520 g/mol. The number of anilines is 1. The number of hydrogen-bond acceptors (Lipinski definition) is 6. The van der Waals surface area contributed by atoms with Crippen molar-refractivity contribution in [3.05, 3.63) is 56.7 Å². The number of esters is 1. The molecule has 0 saturated heterocycles. The van der Waals surface area contributed by atoms with Crippen molar-refractivity contribution < 1.29 is 23.8 Å². The van der Waals surface area contributed by atoms with E-state index in [1.807, 2.05) is 19.1 Å². The number of benzene rings is 2. The Morgan fingerprint density at radius 2 is 1.90 bits per heavy atom. The fraction of sp³-hybridized carbons (Fsp3) is 0.227. The van der Waals surface area contributed by atoms with Crippen molar-refractivity contribution in [3.8, 4) is 17.6 Å². The summed E-state index contributed by atoms with van der Waals surface area (Å²) in [6, 6.07) is 11.6. The molecule has 7 nitrogen and oxygen atoms in total. The van der Waals surface area contributed by atoms with Crippen LogP contribution in [0.25, 0.3) is 6.08 Å². The minimum absolute atomic E-state index is 0.0767. The lowest BCUT2D eigenvalue weighted by Gasteiger charge is -2.13. The van der Waals surface area contributed by atoms with Gasteiger partial charge in [0.2, 0.25) is 0 Å². The molecule has 2 aromatic carbocycles. The summed E-state index contributed by atoms with van der Waals surface area (Å²) < 4.78 is 16.6. The van der Waals surface area contributed by atoms with Gasteiger partial charge >= 0.3 is 5.97 Å². The standard InChI is InChI=1S/C22H21IN2O5/c1-4-9-30-20-18(23)11-14(12-19(20)28-2)10-16(13-24)21(26)25-17-7-5-15(6-8-17)22(27)29-3/h5-8,10-12H,4,9H2,1-3H3,(H,25,26)/b16-10+. The SMILES string of the molecule is CCCOc1c(I)cc(/C=C(\C#N)C(=O)Nc2ccc(C(=O)OC)cc2)cc1OC. The van der Waals surface area contributed by atoms with Crippen molar-refractivity contribution in [1.29, 1.82) is 5.26 Å². The predicted octanol–water partition coefficient (Wildman–Crippen LogP) is 4.42. The summed E-state index contributed by atoms with van der Waals surface area (Å²) in [5.41, 5.74) is 1.36. The maximum absolute atomic E-state index is 12.5. The van der Waals surface area contributed by atoms with E-state index in [1.54, 1.807) is 18.2 Å². The first-order valence-corrected chi connectivity index (χ1v) is 10.1. The Bertz CT molecular complexity index is 994. The second kappa shape index (κ2) is 11.2. The molecule has 0 aliphatic carbocycles. The van der Waals surface area contributed by atoms with Gasteiger partial charge in [0.25, 0.3) is 5.91 Å². The van der Waals surface area contributed by atoms with Gasteiger partial charge in [0.15, 0.2) is 11.5 Å². The molecular weight excluding hydrogens is 499 g/mol. The highest BCUT2D eigenvalue weighted by Crippen LogP contribution is 2.34. The van der Waals surface area contributed by atoms with E-state index in [0.29, 0.717) is 34.9 Å². The molecule has 8 heteroatoms. The van der Waals surface area contributed by atoms with Gasteiger partial charge in [0.05, 0.1) is 30.0 Å². The first-order chi connectivity index (χ1) is 14.4. The lowest BCUT2D eigenvalue weighted by Crippen LogP contribution is -2.13. The number of nitrogens with one attached hydrogen (secondary N) is 1. The van der Waals surface area contributed by atoms with Gasteiger partial charge in [0, 0.05) is 5.69 Å². The van der Waals surface area contributed by atoms with Crippen LogP contribution in [0.15, 0.2) is 42.0 Å². The van der Waals surface area contributed by atoms with Crippen LogP contribution in [0.4, 0.5) is 5.69 Å². The van der Waals surface area contributed by atoms with E-state index >= 15 is 0 Å². The molecule has 2 aromatic rings. The second-order valence-corrected chi connectivity index (χ2v) is 7.24. The van der Waals surface area contributed by atoms with Crippen LogP contribution in [-0.4, -0.2) is 32.7 Å². The van der Waals surface area contributed by atoms with Gasteiger partial charge in [-0.3, -0.25) is 4.79 Å². The van der Waals surface area contributed by atoms with Crippen LogP contribution in [0, 0.1) is 14.9 Å². The van der Waals surface area contributed by atoms with Gasteiger partial charge in [-0.05, 0) is 77.0 Å². The second-order valence-electron chi connectivity index (χ2n) is 6.08. The summed E-state index contributed by atoms with van der Waals surface area (Å²) in [6.45, 7) is 2.57. The highest BCUT2D eigenvalue weighted by Gasteiger charge is 2.14. The number of halogens is 1. The topological polar surface area (TPSA) is 97.7 Å². The van der Waals surface area contributed by atoms with E-state index in [1.165, 1.54) is 32.4 Å². The third kappa shape index (κ3) is 5.97. The molecule has 1 N–H and O–H groups in total. The summed E-state index contributed by atoms with van der Waals surface area (Å²) in [4.78, 5) is 24.0. The first-order valence-electron chi connectivity index (χ1n) is 9.05. The number of nitriles is 1. The van der Waals surface area contributed by atoms with Crippen molar-refractivity contribution in [2.24, 2.45) is 0 Å². The summed E-state index contributed by atoms with van der Waals surface area (Å²) in [5.74, 6) is 0.118. The first kappa shape index (κ1) is 23.2. The van der Waals surface area contributed by atoms with E-state index in [-0.39, 0.29) is 5.57 Å². The third-order valence-electron chi connectivity index (χ3n) is 3.94. The molecule has 0 bridgehead atoms. The quantitative estimate of drug-likeness (QED) is 0.240. The Morgan fingerprint density at radius 3 is 2.47 bits per heavy atom. The molecule has 0 fully saturated rings. The molecule has 0 unspecified atom stereocenters. The Hall–Kier alpha value is -3.06. The Balaban J connectivity index is 2.24. The Kier molecular flexibility index (Phi) is 8.68. The maximum atomic E-state index is 12.5. The summed E-state index contributed by atoms with van der Waals surface area (Å²) in [5, 5.41) is 12.1. The normalized spacial score (nSPS) is 10.7. The number of ether oxygens (including phenoxy) is 3. The van der Waals surface area contributed by atoms with Crippen molar-refractivity contribution in [2.45, 2.75) is 13.3 Å². The van der Waals surface area contributed by atoms with Crippen molar-refractivity contribution >= 4 is 46.2 Å².